The Labute approximate surface area is 338 Å². The number of nitrogens with two attached hydrogens (primary N) is 2. The number of hydrogen-bond donors (Lipinski definition) is 3. The Balaban J connectivity index is 0.000000663. The first-order chi connectivity index (χ1) is 25.7. The zero-order valence-corrected chi connectivity index (χ0v) is 36.5. The van der Waals surface area contributed by atoms with Crippen molar-refractivity contribution >= 4 is 63.1 Å². The van der Waals surface area contributed by atoms with Crippen LogP contribution in [0.25, 0.3) is 0 Å². The van der Waals surface area contributed by atoms with Crippen molar-refractivity contribution in [3.8, 4) is 0 Å². The Hall–Kier alpha value is -4.72. The van der Waals surface area contributed by atoms with Crippen LogP contribution >= 0.6 is 26.6 Å². The lowest BCUT2D eigenvalue weighted by Gasteiger charge is -2.02. The van der Waals surface area contributed by atoms with Gasteiger partial charge in [-0.2, -0.15) is 20.0 Å². The lowest BCUT2D eigenvalue weighted by Crippen LogP contribution is -2.13. The lowest BCUT2D eigenvalue weighted by molar-refractivity contribution is -0.389. The van der Waals surface area contributed by atoms with Crippen molar-refractivity contribution in [3.63, 3.8) is 0 Å². The van der Waals surface area contributed by atoms with Gasteiger partial charge in [-0.15, -0.1) is 5.10 Å². The largest absolute Gasteiger partial charge is 0.389 e. The Bertz CT molecular complexity index is 2030. The van der Waals surface area contributed by atoms with Crippen LogP contribution in [0.15, 0.2) is 71.4 Å². The Morgan fingerprint density at radius 3 is 1.29 bits per heavy atom. The number of nitro groups is 2. The van der Waals surface area contributed by atoms with E-state index in [2.05, 4.69) is 74.2 Å². The van der Waals surface area contributed by atoms with E-state index < -0.39 is 28.9 Å². The smallest absolute Gasteiger partial charge is 0.382 e. The molecule has 0 unspecified atom stereocenters. The van der Waals surface area contributed by atoms with Crippen LogP contribution in [0, 0.1) is 20.2 Å². The number of aromatic nitrogens is 10. The fourth-order valence-corrected chi connectivity index (χ4v) is 4.32. The molecule has 0 aliphatic rings. The molecule has 0 saturated carbocycles. The summed E-state index contributed by atoms with van der Waals surface area (Å²) in [4.78, 5) is 19.6. The van der Waals surface area contributed by atoms with E-state index in [0.717, 1.165) is 0 Å². The molecule has 5 heterocycles. The molecule has 5 rings (SSSR count). The summed E-state index contributed by atoms with van der Waals surface area (Å²) in [5, 5.41) is 45.5. The second-order valence-electron chi connectivity index (χ2n) is 12.5. The number of H-pyrrole nitrogens is 1. The predicted octanol–water partition coefficient (Wildman–Crippen LogP) is 6.03. The quantitative estimate of drug-likeness (QED) is 0.0693. The summed E-state index contributed by atoms with van der Waals surface area (Å²) in [5.74, 6) is 0.410. The number of aromatic amines is 1. The number of nitrogen functional groups attached to an aromatic ring is 1. The average molecular weight is 914 g/mol. The van der Waals surface area contributed by atoms with Gasteiger partial charge >= 0.3 is 11.6 Å². The Morgan fingerprint density at radius 2 is 1.07 bits per heavy atom. The molecule has 5 N–H and O–H groups in total. The molecule has 0 fully saturated rings. The van der Waals surface area contributed by atoms with Gasteiger partial charge in [0.15, 0.2) is 10.1 Å². The Kier molecular flexibility index (Phi) is 22.0. The number of halogens is 2. The minimum Gasteiger partial charge on any atom is -0.382 e. The van der Waals surface area contributed by atoms with Gasteiger partial charge in [0.05, 0.1) is 35.7 Å². The molecule has 0 radical (unpaired) electrons. The third-order valence-corrected chi connectivity index (χ3v) is 7.91. The van der Waals surface area contributed by atoms with E-state index >= 15 is 0 Å². The van der Waals surface area contributed by atoms with Crippen LogP contribution in [0.5, 0.6) is 0 Å². The maximum absolute atomic E-state index is 10.8. The van der Waals surface area contributed by atoms with Gasteiger partial charge in [-0.25, -0.2) is 22.0 Å². The second-order valence-corrected chi connectivity index (χ2v) is 18.3. The van der Waals surface area contributed by atoms with Crippen LogP contribution in [0.1, 0.15) is 93.4 Å². The second kappa shape index (κ2) is 24.0. The number of primary sulfonamides is 1. The van der Waals surface area contributed by atoms with Crippen molar-refractivity contribution in [2.45, 2.75) is 108 Å². The standard InChI is InChI=1S/C6H9ClN2O2S.C6H11N3O2S.C6H9N3O2.C6H11N3.C3H7Br.C3H3N3O2/c2*1-5(2)9-4-3-6(8-9)12(7,10)11;1-5(2)8-4-3-6(7-8)9(10)11;1-5(2)9-4-3-6(7)8-9;1-3(2)4;7-6(8)3-1-2-4-5-3/h3-5H,1-2H3;3-5H,1-2H3,(H2,7,10,11);3-5H,1-2H3;3-5H,1-2H3,(H2,7,8);3H,1-2H3;1-2H,(H,4,5). The molecule has 22 nitrogen and oxygen atoms in total. The number of alkyl halides is 1. The monoisotopic (exact) mass is 912 g/mol. The van der Waals surface area contributed by atoms with Gasteiger partial charge in [-0.05, 0) is 83.4 Å². The van der Waals surface area contributed by atoms with Crippen molar-refractivity contribution in [2.24, 2.45) is 5.14 Å². The van der Waals surface area contributed by atoms with Gasteiger partial charge in [0.2, 0.25) is 0 Å². The molecular formula is C30H50BrClN14O8S2. The van der Waals surface area contributed by atoms with Crippen molar-refractivity contribution in [3.05, 3.63) is 81.5 Å². The Morgan fingerprint density at radius 1 is 0.679 bits per heavy atom. The molecule has 5 aromatic rings. The first kappa shape index (κ1) is 51.3. The highest BCUT2D eigenvalue weighted by Crippen LogP contribution is 2.13. The van der Waals surface area contributed by atoms with E-state index in [9.17, 15) is 37.1 Å². The summed E-state index contributed by atoms with van der Waals surface area (Å²) in [6, 6.07) is 8.08. The highest BCUT2D eigenvalue weighted by molar-refractivity contribution is 9.09. The van der Waals surface area contributed by atoms with Gasteiger partial charge in [0, 0.05) is 52.2 Å². The van der Waals surface area contributed by atoms with Crippen LogP contribution in [-0.4, -0.2) is 80.8 Å². The number of rotatable bonds is 8. The fourth-order valence-electron chi connectivity index (χ4n) is 3.20. The minimum atomic E-state index is -3.68. The third kappa shape index (κ3) is 20.8. The molecule has 26 heteroatoms. The maximum Gasteiger partial charge on any atom is 0.389 e. The van der Waals surface area contributed by atoms with Gasteiger partial charge in [-0.3, -0.25) is 14.0 Å². The summed E-state index contributed by atoms with van der Waals surface area (Å²) < 4.78 is 49.5. The van der Waals surface area contributed by atoms with Crippen LogP contribution in [0.2, 0.25) is 0 Å². The summed E-state index contributed by atoms with van der Waals surface area (Å²) in [5.41, 5.74) is 5.38. The maximum atomic E-state index is 10.8. The third-order valence-electron chi connectivity index (χ3n) is 5.92. The van der Waals surface area contributed by atoms with Crippen molar-refractivity contribution in [1.29, 1.82) is 0 Å². The summed E-state index contributed by atoms with van der Waals surface area (Å²) in [6.45, 7) is 19.7. The van der Waals surface area contributed by atoms with Crippen LogP contribution in [0.3, 0.4) is 0 Å². The van der Waals surface area contributed by atoms with Crippen LogP contribution in [-0.2, 0) is 19.1 Å². The van der Waals surface area contributed by atoms with Gasteiger partial charge in [-0.1, -0.05) is 34.9 Å². The van der Waals surface area contributed by atoms with E-state index in [1.807, 2.05) is 52.4 Å². The molecular weight excluding hydrogens is 864 g/mol. The van der Waals surface area contributed by atoms with Crippen molar-refractivity contribution in [1.82, 2.24) is 49.3 Å². The lowest BCUT2D eigenvalue weighted by atomic mass is 10.4. The summed E-state index contributed by atoms with van der Waals surface area (Å²) >= 11 is 3.27. The van der Waals surface area contributed by atoms with Gasteiger partial charge in [0.25, 0.3) is 19.1 Å². The van der Waals surface area contributed by atoms with E-state index in [1.54, 1.807) is 34.0 Å². The van der Waals surface area contributed by atoms with E-state index in [1.165, 1.54) is 35.1 Å². The number of anilines is 1. The van der Waals surface area contributed by atoms with Crippen LogP contribution < -0.4 is 10.9 Å². The molecule has 0 aromatic carbocycles. The highest BCUT2D eigenvalue weighted by Gasteiger charge is 2.15. The number of nitrogens with one attached hydrogen (secondary N) is 1. The molecule has 0 amide bonds. The van der Waals surface area contributed by atoms with Crippen molar-refractivity contribution < 1.29 is 26.7 Å². The van der Waals surface area contributed by atoms with E-state index in [4.69, 9.17) is 21.6 Å². The number of hydrogen-bond acceptors (Lipinski definition) is 14. The zero-order chi connectivity index (χ0) is 43.6. The fraction of sp³-hybridized carbons (Fsp3) is 0.500. The minimum absolute atomic E-state index is 0.0787. The molecule has 56 heavy (non-hydrogen) atoms. The number of sulfonamides is 1. The molecule has 0 bridgehead atoms. The highest BCUT2D eigenvalue weighted by atomic mass is 79.9. The average Bonchev–Trinajstić information content (AvgIpc) is 3.89. The summed E-state index contributed by atoms with van der Waals surface area (Å²) in [6.07, 6.45) is 7.98. The first-order valence-electron chi connectivity index (χ1n) is 16.5. The normalized spacial score (nSPS) is 11.0. The van der Waals surface area contributed by atoms with E-state index in [0.29, 0.717) is 16.7 Å². The van der Waals surface area contributed by atoms with Gasteiger partial charge < -0.3 is 26.0 Å². The first-order valence-corrected chi connectivity index (χ1v) is 21.3. The SMILES string of the molecule is CC(C)Br.CC(C)n1ccc(N)n1.CC(C)n1ccc(S(=O)(=O)Cl)n1.CC(C)n1ccc(S(N)(=O)=O)n1.CC(C)n1ccc([N+](=O)[O-])n1.O=[N+]([O-])c1ccn[nH]1. The zero-order valence-electron chi connectivity index (χ0n) is 32.6. The van der Waals surface area contributed by atoms with Crippen molar-refractivity contribution in [2.75, 3.05) is 5.73 Å². The topological polar surface area (TPSA) is 307 Å². The predicted molar refractivity (Wildman–Crippen MR) is 215 cm³/mol. The van der Waals surface area contributed by atoms with Crippen LogP contribution in [0.4, 0.5) is 17.5 Å². The molecule has 5 aromatic heterocycles. The molecule has 314 valence electrons. The molecule has 0 aliphatic heterocycles. The molecule has 0 spiro atoms. The molecule has 0 atom stereocenters. The number of nitrogens with zero attached hydrogens (tertiary/aromatic N) is 11. The summed E-state index contributed by atoms with van der Waals surface area (Å²) in [7, 11) is -2.25. The van der Waals surface area contributed by atoms with E-state index in [-0.39, 0.29) is 39.8 Å². The van der Waals surface area contributed by atoms with Gasteiger partial charge in [0.1, 0.15) is 5.82 Å². The molecule has 0 saturated heterocycles. The molecule has 0 aliphatic carbocycles.